The maximum absolute atomic E-state index is 10.3. The Balaban J connectivity index is 2.09. The number of imidazole rings is 1. The quantitative estimate of drug-likeness (QED) is 0.706. The van der Waals surface area contributed by atoms with Crippen LogP contribution in [-0.2, 0) is 0 Å². The largest absolute Gasteiger partial charge is 0.396 e. The molecule has 1 saturated carbocycles. The number of aliphatic hydroxyl groups is 3. The summed E-state index contributed by atoms with van der Waals surface area (Å²) in [5, 5.41) is 30.0. The first-order chi connectivity index (χ1) is 9.56. The van der Waals surface area contributed by atoms with Gasteiger partial charge < -0.3 is 19.9 Å². The number of halogens is 1. The number of hydrogen-bond donors (Lipinski definition) is 3. The fraction of sp³-hybridized carbons (Fsp3) is 0.538. The van der Waals surface area contributed by atoms with Gasteiger partial charge in [0.2, 0.25) is 0 Å². The van der Waals surface area contributed by atoms with Crippen LogP contribution in [0.25, 0.3) is 11.0 Å². The molecule has 3 rings (SSSR count). The van der Waals surface area contributed by atoms with Gasteiger partial charge in [-0.2, -0.15) is 0 Å². The Kier molecular flexibility index (Phi) is 3.41. The number of pyridine rings is 1. The SMILES string of the molecule is CC1[C@H](CO)C(O)C(O)[C@@H]1n1cnc2c(Cl)nccc21. The van der Waals surface area contributed by atoms with Crippen LogP contribution < -0.4 is 0 Å². The highest BCUT2D eigenvalue weighted by atomic mass is 35.5. The molecule has 5 atom stereocenters. The summed E-state index contributed by atoms with van der Waals surface area (Å²) in [4.78, 5) is 8.19. The van der Waals surface area contributed by atoms with Crippen LogP contribution >= 0.6 is 11.6 Å². The number of nitrogens with zero attached hydrogens (tertiary/aromatic N) is 3. The first-order valence-corrected chi connectivity index (χ1v) is 6.88. The van der Waals surface area contributed by atoms with Crippen LogP contribution in [0.1, 0.15) is 13.0 Å². The summed E-state index contributed by atoms with van der Waals surface area (Å²) in [6.45, 7) is 1.74. The lowest BCUT2D eigenvalue weighted by Gasteiger charge is -2.22. The van der Waals surface area contributed by atoms with Crippen LogP contribution in [0.3, 0.4) is 0 Å². The Labute approximate surface area is 120 Å². The molecule has 7 heteroatoms. The van der Waals surface area contributed by atoms with E-state index in [1.54, 1.807) is 23.2 Å². The molecule has 0 spiro atoms. The van der Waals surface area contributed by atoms with Gasteiger partial charge in [-0.05, 0) is 12.0 Å². The van der Waals surface area contributed by atoms with E-state index in [2.05, 4.69) is 9.97 Å². The topological polar surface area (TPSA) is 91.4 Å². The molecule has 0 aliphatic heterocycles. The van der Waals surface area contributed by atoms with E-state index in [4.69, 9.17) is 11.6 Å². The highest BCUT2D eigenvalue weighted by Crippen LogP contribution is 2.41. The number of aliphatic hydroxyl groups excluding tert-OH is 3. The van der Waals surface area contributed by atoms with Crippen LogP contribution in [0, 0.1) is 11.8 Å². The normalized spacial score (nSPS) is 34.0. The maximum atomic E-state index is 10.3. The smallest absolute Gasteiger partial charge is 0.156 e. The molecule has 3 N–H and O–H groups in total. The third-order valence-corrected chi connectivity index (χ3v) is 4.61. The molecule has 0 radical (unpaired) electrons. The second-order valence-corrected chi connectivity index (χ2v) is 5.66. The van der Waals surface area contributed by atoms with E-state index in [1.807, 2.05) is 6.92 Å². The molecule has 20 heavy (non-hydrogen) atoms. The number of aromatic nitrogens is 3. The van der Waals surface area contributed by atoms with E-state index in [-0.39, 0.29) is 24.5 Å². The standard InChI is InChI=1S/C13H16ClN3O3/c1-6-7(4-18)11(19)12(20)10(6)17-5-16-9-8(17)2-3-15-13(9)14/h2-3,5-7,10-12,18-20H,4H2,1H3/t6?,7-,10+,11?,12?/m0/s1. The van der Waals surface area contributed by atoms with E-state index >= 15 is 0 Å². The van der Waals surface area contributed by atoms with Crippen molar-refractivity contribution in [2.24, 2.45) is 11.8 Å². The van der Waals surface area contributed by atoms with Crippen LogP contribution in [0.15, 0.2) is 18.6 Å². The van der Waals surface area contributed by atoms with Crippen molar-refractivity contribution in [3.63, 3.8) is 0 Å². The molecule has 3 unspecified atom stereocenters. The van der Waals surface area contributed by atoms with Crippen LogP contribution in [0.2, 0.25) is 5.15 Å². The maximum Gasteiger partial charge on any atom is 0.156 e. The highest BCUT2D eigenvalue weighted by Gasteiger charge is 2.48. The Morgan fingerprint density at radius 1 is 1.30 bits per heavy atom. The number of fused-ring (bicyclic) bond motifs is 1. The summed E-state index contributed by atoms with van der Waals surface area (Å²) >= 11 is 6.00. The van der Waals surface area contributed by atoms with Crippen LogP contribution in [0.4, 0.5) is 0 Å². The van der Waals surface area contributed by atoms with Gasteiger partial charge >= 0.3 is 0 Å². The molecule has 6 nitrogen and oxygen atoms in total. The van der Waals surface area contributed by atoms with Gasteiger partial charge in [0.1, 0.15) is 11.6 Å². The average molecular weight is 298 g/mol. The molecule has 0 amide bonds. The molecular weight excluding hydrogens is 282 g/mol. The van der Waals surface area contributed by atoms with Gasteiger partial charge in [-0.3, -0.25) is 0 Å². The van der Waals surface area contributed by atoms with Crippen molar-refractivity contribution in [1.29, 1.82) is 0 Å². The molecule has 1 aliphatic rings. The summed E-state index contributed by atoms with van der Waals surface area (Å²) in [7, 11) is 0. The van der Waals surface area contributed by atoms with Crippen molar-refractivity contribution < 1.29 is 15.3 Å². The van der Waals surface area contributed by atoms with Crippen molar-refractivity contribution in [2.75, 3.05) is 6.61 Å². The molecule has 0 aromatic carbocycles. The summed E-state index contributed by atoms with van der Waals surface area (Å²) in [6.07, 6.45) is 1.27. The number of hydrogen-bond acceptors (Lipinski definition) is 5. The van der Waals surface area contributed by atoms with E-state index < -0.39 is 12.2 Å². The fourth-order valence-corrected chi connectivity index (χ4v) is 3.39. The second kappa shape index (κ2) is 4.96. The van der Waals surface area contributed by atoms with Gasteiger partial charge in [0, 0.05) is 18.7 Å². The van der Waals surface area contributed by atoms with Crippen molar-refractivity contribution >= 4 is 22.6 Å². The van der Waals surface area contributed by atoms with Crippen LogP contribution in [-0.4, -0.2) is 48.7 Å². The van der Waals surface area contributed by atoms with E-state index in [1.165, 1.54) is 0 Å². The molecule has 0 bridgehead atoms. The fourth-order valence-electron chi connectivity index (χ4n) is 3.19. The summed E-state index contributed by atoms with van der Waals surface area (Å²) < 4.78 is 1.80. The van der Waals surface area contributed by atoms with E-state index in [0.29, 0.717) is 10.7 Å². The lowest BCUT2D eigenvalue weighted by atomic mass is 9.95. The number of rotatable bonds is 2. The Hall–Kier alpha value is -1.21. The van der Waals surface area contributed by atoms with Crippen molar-refractivity contribution in [3.05, 3.63) is 23.7 Å². The summed E-state index contributed by atoms with van der Waals surface area (Å²) in [5.41, 5.74) is 1.32. The molecule has 2 aromatic heterocycles. The molecule has 108 valence electrons. The molecule has 1 aliphatic carbocycles. The minimum atomic E-state index is -0.952. The molecule has 1 fully saturated rings. The molecule has 2 heterocycles. The lowest BCUT2D eigenvalue weighted by molar-refractivity contribution is -0.00431. The van der Waals surface area contributed by atoms with Gasteiger partial charge in [-0.1, -0.05) is 18.5 Å². The van der Waals surface area contributed by atoms with Gasteiger partial charge in [-0.25, -0.2) is 9.97 Å². The highest BCUT2D eigenvalue weighted by molar-refractivity contribution is 6.33. The second-order valence-electron chi connectivity index (χ2n) is 5.30. The first kappa shape index (κ1) is 13.8. The van der Waals surface area contributed by atoms with E-state index in [0.717, 1.165) is 5.52 Å². The lowest BCUT2D eigenvalue weighted by Crippen LogP contribution is -2.30. The summed E-state index contributed by atoms with van der Waals surface area (Å²) in [5.74, 6) is -0.445. The molecule has 2 aromatic rings. The zero-order valence-corrected chi connectivity index (χ0v) is 11.6. The zero-order valence-electron chi connectivity index (χ0n) is 10.9. The Morgan fingerprint density at radius 3 is 2.70 bits per heavy atom. The zero-order chi connectivity index (χ0) is 14.4. The predicted octanol–water partition coefficient (Wildman–Crippen LogP) is 0.606. The summed E-state index contributed by atoms with van der Waals surface area (Å²) in [6, 6.07) is 1.41. The minimum Gasteiger partial charge on any atom is -0.396 e. The first-order valence-electron chi connectivity index (χ1n) is 6.50. The molecular formula is C13H16ClN3O3. The monoisotopic (exact) mass is 297 g/mol. The van der Waals surface area contributed by atoms with Gasteiger partial charge in [0.05, 0.1) is 24.0 Å². The van der Waals surface area contributed by atoms with Gasteiger partial charge in [0.15, 0.2) is 5.15 Å². The van der Waals surface area contributed by atoms with Crippen molar-refractivity contribution in [1.82, 2.24) is 14.5 Å². The minimum absolute atomic E-state index is 0.0886. The van der Waals surface area contributed by atoms with Gasteiger partial charge in [-0.15, -0.1) is 0 Å². The predicted molar refractivity (Wildman–Crippen MR) is 73.3 cm³/mol. The van der Waals surface area contributed by atoms with Crippen molar-refractivity contribution in [2.45, 2.75) is 25.2 Å². The van der Waals surface area contributed by atoms with Crippen LogP contribution in [0.5, 0.6) is 0 Å². The average Bonchev–Trinajstić information content (AvgIpc) is 2.92. The van der Waals surface area contributed by atoms with Gasteiger partial charge in [0.25, 0.3) is 0 Å². The van der Waals surface area contributed by atoms with Crippen molar-refractivity contribution in [3.8, 4) is 0 Å². The van der Waals surface area contributed by atoms with E-state index in [9.17, 15) is 15.3 Å². The third-order valence-electron chi connectivity index (χ3n) is 4.33. The Morgan fingerprint density at radius 2 is 2.05 bits per heavy atom. The molecule has 0 saturated heterocycles. The third kappa shape index (κ3) is 1.83. The Bertz CT molecular complexity index is 632.